The molecule has 9 heteroatoms. The number of aliphatic hydroxyl groups is 1. The number of piperidine rings is 1. The van der Waals surface area contributed by atoms with Gasteiger partial charge in [-0.15, -0.1) is 0 Å². The van der Waals surface area contributed by atoms with Gasteiger partial charge < -0.3 is 19.5 Å². The molecule has 1 aromatic rings. The van der Waals surface area contributed by atoms with Crippen molar-refractivity contribution in [2.24, 2.45) is 0 Å². The van der Waals surface area contributed by atoms with E-state index < -0.39 is 6.04 Å². The van der Waals surface area contributed by atoms with Crippen molar-refractivity contribution < 1.29 is 24.2 Å². The van der Waals surface area contributed by atoms with Crippen LogP contribution in [0.4, 0.5) is 0 Å². The first-order valence-electron chi connectivity index (χ1n) is 10.1. The third-order valence-corrected chi connectivity index (χ3v) is 6.97. The number of ether oxygens (including phenoxy) is 2. The summed E-state index contributed by atoms with van der Waals surface area (Å²) in [5.41, 5.74) is 0.803. The van der Waals surface area contributed by atoms with Crippen molar-refractivity contribution in [2.75, 3.05) is 19.9 Å². The van der Waals surface area contributed by atoms with Crippen LogP contribution in [0.5, 0.6) is 11.5 Å². The molecule has 7 nitrogen and oxygen atoms in total. The summed E-state index contributed by atoms with van der Waals surface area (Å²) in [6, 6.07) is 4.80. The molecule has 3 aliphatic heterocycles. The van der Waals surface area contributed by atoms with Crippen molar-refractivity contribution in [3.05, 3.63) is 28.7 Å². The summed E-state index contributed by atoms with van der Waals surface area (Å²) in [6.45, 7) is 2.60. The van der Waals surface area contributed by atoms with Crippen LogP contribution in [0.3, 0.4) is 0 Å². The maximum Gasteiger partial charge on any atom is 0.266 e. The number of aliphatic hydroxyl groups excluding tert-OH is 1. The van der Waals surface area contributed by atoms with E-state index in [4.69, 9.17) is 21.7 Å². The van der Waals surface area contributed by atoms with Crippen LogP contribution < -0.4 is 9.47 Å². The third kappa shape index (κ3) is 4.06. The van der Waals surface area contributed by atoms with E-state index in [1.54, 1.807) is 19.1 Å². The standard InChI is InChI=1S/C21H24N2O5S2/c1-13(19(25)22-8-3-2-4-15(22)7-9-24)23-20(26)18(30-21(23)29)11-14-5-6-16-17(10-14)28-12-27-16/h5-6,10-11,13,15,24H,2-4,7-9,12H2,1H3. The molecule has 2 atom stereocenters. The Bertz CT molecular complexity index is 901. The first-order valence-corrected chi connectivity index (χ1v) is 11.3. The topological polar surface area (TPSA) is 79.3 Å². The smallest absolute Gasteiger partial charge is 0.266 e. The summed E-state index contributed by atoms with van der Waals surface area (Å²) >= 11 is 6.64. The Labute approximate surface area is 185 Å². The van der Waals surface area contributed by atoms with E-state index >= 15 is 0 Å². The van der Waals surface area contributed by atoms with Crippen molar-refractivity contribution >= 4 is 46.2 Å². The molecule has 0 saturated carbocycles. The molecular formula is C21H24N2O5S2. The van der Waals surface area contributed by atoms with Crippen molar-refractivity contribution in [3.8, 4) is 11.5 Å². The Hall–Kier alpha value is -2.10. The number of nitrogens with zero attached hydrogens (tertiary/aromatic N) is 2. The molecule has 2 saturated heterocycles. The van der Waals surface area contributed by atoms with E-state index in [0.29, 0.717) is 33.7 Å². The summed E-state index contributed by atoms with van der Waals surface area (Å²) in [5, 5.41) is 9.33. The lowest BCUT2D eigenvalue weighted by molar-refractivity contribution is -0.142. The first kappa shape index (κ1) is 21.1. The Morgan fingerprint density at radius 2 is 2.17 bits per heavy atom. The zero-order valence-electron chi connectivity index (χ0n) is 16.7. The molecule has 1 aromatic carbocycles. The Balaban J connectivity index is 1.51. The molecule has 3 aliphatic rings. The molecular weight excluding hydrogens is 424 g/mol. The van der Waals surface area contributed by atoms with Crippen molar-refractivity contribution in [1.82, 2.24) is 9.80 Å². The number of thioether (sulfide) groups is 1. The van der Waals surface area contributed by atoms with Crippen LogP contribution in [0.25, 0.3) is 6.08 Å². The lowest BCUT2D eigenvalue weighted by Crippen LogP contribution is -2.53. The second-order valence-electron chi connectivity index (χ2n) is 7.53. The minimum atomic E-state index is -0.681. The predicted octanol–water partition coefficient (Wildman–Crippen LogP) is 2.77. The van der Waals surface area contributed by atoms with Gasteiger partial charge in [-0.2, -0.15) is 0 Å². The number of carbonyl (C=O) groups excluding carboxylic acids is 2. The fourth-order valence-electron chi connectivity index (χ4n) is 4.06. The second kappa shape index (κ2) is 8.95. The lowest BCUT2D eigenvalue weighted by Gasteiger charge is -2.38. The first-order chi connectivity index (χ1) is 14.5. The molecule has 0 bridgehead atoms. The largest absolute Gasteiger partial charge is 0.454 e. The molecule has 0 aliphatic carbocycles. The van der Waals surface area contributed by atoms with Crippen LogP contribution in [-0.4, -0.2) is 63.1 Å². The maximum atomic E-state index is 13.2. The molecule has 3 heterocycles. The third-order valence-electron chi connectivity index (χ3n) is 5.64. The Morgan fingerprint density at radius 3 is 2.97 bits per heavy atom. The van der Waals surface area contributed by atoms with Gasteiger partial charge in [0.15, 0.2) is 11.5 Å². The molecule has 0 aromatic heterocycles. The van der Waals surface area contributed by atoms with Crippen LogP contribution in [0, 0.1) is 0 Å². The van der Waals surface area contributed by atoms with E-state index in [2.05, 4.69) is 0 Å². The predicted molar refractivity (Wildman–Crippen MR) is 118 cm³/mol. The molecule has 2 fully saturated rings. The van der Waals surface area contributed by atoms with E-state index in [1.807, 2.05) is 17.0 Å². The molecule has 0 spiro atoms. The zero-order valence-corrected chi connectivity index (χ0v) is 18.3. The lowest BCUT2D eigenvalue weighted by atomic mass is 9.98. The van der Waals surface area contributed by atoms with Gasteiger partial charge in [0, 0.05) is 19.2 Å². The van der Waals surface area contributed by atoms with Gasteiger partial charge in [0.1, 0.15) is 10.4 Å². The SMILES string of the molecule is CC(C(=O)N1CCCCC1CCO)N1C(=O)C(=Cc2ccc3c(c2)OCO3)SC1=S. The Kier molecular flexibility index (Phi) is 6.31. The van der Waals surface area contributed by atoms with E-state index in [9.17, 15) is 14.7 Å². The van der Waals surface area contributed by atoms with E-state index in [-0.39, 0.29) is 31.3 Å². The molecule has 1 N–H and O–H groups in total. The number of hydrogen-bond donors (Lipinski definition) is 1. The average molecular weight is 449 g/mol. The minimum Gasteiger partial charge on any atom is -0.454 e. The summed E-state index contributed by atoms with van der Waals surface area (Å²) in [7, 11) is 0. The van der Waals surface area contributed by atoms with Crippen LogP contribution in [0.15, 0.2) is 23.1 Å². The van der Waals surface area contributed by atoms with Gasteiger partial charge in [0.2, 0.25) is 12.7 Å². The van der Waals surface area contributed by atoms with Gasteiger partial charge in [-0.3, -0.25) is 14.5 Å². The van der Waals surface area contributed by atoms with Gasteiger partial charge >= 0.3 is 0 Å². The molecule has 30 heavy (non-hydrogen) atoms. The van der Waals surface area contributed by atoms with Gasteiger partial charge in [-0.1, -0.05) is 30.0 Å². The van der Waals surface area contributed by atoms with Crippen LogP contribution in [-0.2, 0) is 9.59 Å². The fourth-order valence-corrected chi connectivity index (χ4v) is 5.48. The second-order valence-corrected chi connectivity index (χ2v) is 9.21. The molecule has 4 rings (SSSR count). The number of hydrogen-bond acceptors (Lipinski definition) is 7. The number of likely N-dealkylation sites (tertiary alicyclic amines) is 1. The van der Waals surface area contributed by atoms with Crippen LogP contribution in [0.1, 0.15) is 38.2 Å². The maximum absolute atomic E-state index is 13.2. The normalized spacial score (nSPS) is 23.4. The average Bonchev–Trinajstić information content (AvgIpc) is 3.31. The molecule has 160 valence electrons. The minimum absolute atomic E-state index is 0.0151. The van der Waals surface area contributed by atoms with Crippen molar-refractivity contribution in [3.63, 3.8) is 0 Å². The quantitative estimate of drug-likeness (QED) is 0.548. The van der Waals surface area contributed by atoms with Crippen molar-refractivity contribution in [1.29, 1.82) is 0 Å². The highest BCUT2D eigenvalue weighted by atomic mass is 32.2. The number of carbonyl (C=O) groups is 2. The highest BCUT2D eigenvalue weighted by molar-refractivity contribution is 8.26. The zero-order chi connectivity index (χ0) is 21.3. The summed E-state index contributed by atoms with van der Waals surface area (Å²) < 4.78 is 11.1. The molecule has 2 amide bonds. The number of fused-ring (bicyclic) bond motifs is 1. The summed E-state index contributed by atoms with van der Waals surface area (Å²) in [5.74, 6) is 0.939. The van der Waals surface area contributed by atoms with E-state index in [1.165, 1.54) is 16.7 Å². The van der Waals surface area contributed by atoms with E-state index in [0.717, 1.165) is 24.8 Å². The van der Waals surface area contributed by atoms with Gasteiger partial charge in [0.05, 0.1) is 4.91 Å². The van der Waals surface area contributed by atoms with Gasteiger partial charge in [-0.25, -0.2) is 0 Å². The number of benzene rings is 1. The Morgan fingerprint density at radius 1 is 1.37 bits per heavy atom. The highest BCUT2D eigenvalue weighted by Crippen LogP contribution is 2.37. The van der Waals surface area contributed by atoms with Gasteiger partial charge in [0.25, 0.3) is 5.91 Å². The number of amides is 2. The molecule has 0 radical (unpaired) electrons. The van der Waals surface area contributed by atoms with Crippen LogP contribution >= 0.6 is 24.0 Å². The van der Waals surface area contributed by atoms with Crippen LogP contribution in [0.2, 0.25) is 0 Å². The monoisotopic (exact) mass is 448 g/mol. The molecule has 2 unspecified atom stereocenters. The summed E-state index contributed by atoms with van der Waals surface area (Å²) in [4.78, 5) is 30.0. The summed E-state index contributed by atoms with van der Waals surface area (Å²) in [6.07, 6.45) is 5.17. The number of rotatable bonds is 5. The number of thiocarbonyl (C=S) groups is 1. The fraction of sp³-hybridized carbons (Fsp3) is 0.476. The van der Waals surface area contributed by atoms with Gasteiger partial charge in [-0.05, 0) is 56.4 Å². The highest BCUT2D eigenvalue weighted by Gasteiger charge is 2.41. The van der Waals surface area contributed by atoms with Crippen molar-refractivity contribution in [2.45, 2.75) is 44.7 Å².